The highest BCUT2D eigenvalue weighted by Gasteiger charge is 2.32. The summed E-state index contributed by atoms with van der Waals surface area (Å²) in [5.41, 5.74) is 0.935. The average molecular weight is 264 g/mol. The Balaban J connectivity index is 1.85. The first-order valence-corrected chi connectivity index (χ1v) is 6.78. The summed E-state index contributed by atoms with van der Waals surface area (Å²) in [6, 6.07) is 7.83. The topological polar surface area (TPSA) is 59.1 Å². The van der Waals surface area contributed by atoms with E-state index < -0.39 is 0 Å². The smallest absolute Gasteiger partial charge is 0.240 e. The molecule has 0 spiro atoms. The number of thiazole rings is 1. The van der Waals surface area contributed by atoms with Gasteiger partial charge < -0.3 is 0 Å². The molecule has 0 aliphatic carbocycles. The van der Waals surface area contributed by atoms with Gasteiger partial charge in [-0.1, -0.05) is 23.9 Å². The lowest BCUT2D eigenvalue weighted by Gasteiger charge is -2.00. The number of nitrogens with one attached hydrogen (secondary N) is 1. The van der Waals surface area contributed by atoms with Gasteiger partial charge in [0.25, 0.3) is 0 Å². The molecule has 3 rings (SSSR count). The monoisotopic (exact) mass is 264 g/mol. The van der Waals surface area contributed by atoms with Gasteiger partial charge in [-0.25, -0.2) is 4.98 Å². The number of para-hydroxylation sites is 1. The first kappa shape index (κ1) is 10.7. The second kappa shape index (κ2) is 4.12. The van der Waals surface area contributed by atoms with Crippen LogP contribution in [0, 0.1) is 0 Å². The maximum Gasteiger partial charge on any atom is 0.240 e. The average Bonchev–Trinajstić information content (AvgIpc) is 2.82. The number of amides is 2. The summed E-state index contributed by atoms with van der Waals surface area (Å²) < 4.78 is 1.93. The van der Waals surface area contributed by atoms with Crippen LogP contribution in [-0.4, -0.2) is 22.0 Å². The van der Waals surface area contributed by atoms with Crippen molar-refractivity contribution in [2.75, 3.05) is 0 Å². The molecule has 2 heterocycles. The van der Waals surface area contributed by atoms with E-state index in [1.807, 2.05) is 24.3 Å². The molecule has 1 fully saturated rings. The Labute approximate surface area is 105 Å². The number of carbonyl (C=O) groups excluding carboxylic acids is 2. The van der Waals surface area contributed by atoms with Crippen LogP contribution in [0.4, 0.5) is 0 Å². The molecule has 6 heteroatoms. The number of nitrogens with zero attached hydrogens (tertiary/aromatic N) is 1. The maximum absolute atomic E-state index is 11.4. The van der Waals surface area contributed by atoms with E-state index >= 15 is 0 Å². The van der Waals surface area contributed by atoms with E-state index in [4.69, 9.17) is 0 Å². The summed E-state index contributed by atoms with van der Waals surface area (Å²) in [5, 5.41) is 1.97. The number of carbonyl (C=O) groups is 2. The second-order valence-electron chi connectivity index (χ2n) is 3.67. The summed E-state index contributed by atoms with van der Waals surface area (Å²) in [6.07, 6.45) is 0.249. The Bertz CT molecular complexity index is 575. The Hall–Kier alpha value is -1.40. The van der Waals surface area contributed by atoms with E-state index in [2.05, 4.69) is 10.3 Å². The van der Waals surface area contributed by atoms with E-state index in [0.29, 0.717) is 0 Å². The Morgan fingerprint density at radius 3 is 2.88 bits per heavy atom. The standard InChI is InChI=1S/C11H8N2O2S2/c14-9-5-8(10(15)13-9)17-11-12-6-3-1-2-4-7(6)16-11/h1-4,8H,5H2,(H,13,14,15). The number of hydrogen-bond donors (Lipinski definition) is 1. The number of aromatic nitrogens is 1. The minimum Gasteiger partial charge on any atom is -0.295 e. The summed E-state index contributed by atoms with van der Waals surface area (Å²) in [6.45, 7) is 0. The fraction of sp³-hybridized carbons (Fsp3) is 0.182. The second-order valence-corrected chi connectivity index (χ2v) is 6.15. The van der Waals surface area contributed by atoms with Gasteiger partial charge >= 0.3 is 0 Å². The van der Waals surface area contributed by atoms with Gasteiger partial charge in [-0.15, -0.1) is 11.3 Å². The van der Waals surface area contributed by atoms with E-state index in [9.17, 15) is 9.59 Å². The summed E-state index contributed by atoms with van der Waals surface area (Å²) in [7, 11) is 0. The zero-order chi connectivity index (χ0) is 11.8. The SMILES string of the molecule is O=C1CC(Sc2nc3ccccc3s2)C(=O)N1. The zero-order valence-electron chi connectivity index (χ0n) is 8.67. The first-order chi connectivity index (χ1) is 8.22. The number of rotatable bonds is 2. The van der Waals surface area contributed by atoms with Gasteiger partial charge in [0.1, 0.15) is 0 Å². The molecule has 1 atom stereocenters. The number of hydrogen-bond acceptors (Lipinski definition) is 5. The van der Waals surface area contributed by atoms with Crippen LogP contribution in [0.3, 0.4) is 0 Å². The summed E-state index contributed by atoms with van der Waals surface area (Å²) in [5.74, 6) is -0.409. The van der Waals surface area contributed by atoms with Crippen molar-refractivity contribution >= 4 is 45.1 Å². The van der Waals surface area contributed by atoms with Crippen molar-refractivity contribution < 1.29 is 9.59 Å². The molecule has 1 aliphatic rings. The van der Waals surface area contributed by atoms with Crippen LogP contribution in [0.1, 0.15) is 6.42 Å². The lowest BCUT2D eigenvalue weighted by Crippen LogP contribution is -2.22. The van der Waals surface area contributed by atoms with E-state index in [1.165, 1.54) is 11.8 Å². The normalized spacial score (nSPS) is 19.9. The van der Waals surface area contributed by atoms with Crippen molar-refractivity contribution in [3.8, 4) is 0 Å². The lowest BCUT2D eigenvalue weighted by atomic mass is 10.3. The van der Waals surface area contributed by atoms with Crippen molar-refractivity contribution in [3.05, 3.63) is 24.3 Å². The van der Waals surface area contributed by atoms with Crippen LogP contribution in [-0.2, 0) is 9.59 Å². The van der Waals surface area contributed by atoms with Crippen LogP contribution in [0.25, 0.3) is 10.2 Å². The van der Waals surface area contributed by atoms with E-state index in [1.54, 1.807) is 11.3 Å². The minimum atomic E-state index is -0.330. The molecule has 0 bridgehead atoms. The fourth-order valence-corrected chi connectivity index (χ4v) is 3.95. The van der Waals surface area contributed by atoms with Crippen molar-refractivity contribution in [1.82, 2.24) is 10.3 Å². The molecule has 0 saturated carbocycles. The third kappa shape index (κ3) is 2.05. The van der Waals surface area contributed by atoms with Gasteiger partial charge in [0.15, 0.2) is 4.34 Å². The molecule has 1 saturated heterocycles. The van der Waals surface area contributed by atoms with Crippen LogP contribution < -0.4 is 5.32 Å². The van der Waals surface area contributed by atoms with Crippen LogP contribution in [0.2, 0.25) is 0 Å². The highest BCUT2D eigenvalue weighted by atomic mass is 32.2. The predicted molar refractivity (Wildman–Crippen MR) is 67.0 cm³/mol. The molecule has 86 valence electrons. The molecule has 17 heavy (non-hydrogen) atoms. The maximum atomic E-state index is 11.4. The molecule has 2 aromatic rings. The van der Waals surface area contributed by atoms with Crippen molar-refractivity contribution in [1.29, 1.82) is 0 Å². The van der Waals surface area contributed by atoms with Gasteiger partial charge in [-0.3, -0.25) is 14.9 Å². The van der Waals surface area contributed by atoms with Crippen LogP contribution >= 0.6 is 23.1 Å². The predicted octanol–water partition coefficient (Wildman–Crippen LogP) is 1.80. The number of fused-ring (bicyclic) bond motifs is 1. The molecule has 1 aliphatic heterocycles. The third-order valence-electron chi connectivity index (χ3n) is 2.44. The Morgan fingerprint density at radius 1 is 1.35 bits per heavy atom. The molecule has 1 aromatic carbocycles. The molecule has 2 amide bonds. The highest BCUT2D eigenvalue weighted by Crippen LogP contribution is 2.34. The molecule has 1 N–H and O–H groups in total. The molecule has 0 radical (unpaired) electrons. The summed E-state index contributed by atoms with van der Waals surface area (Å²) in [4.78, 5) is 26.9. The Kier molecular flexibility index (Phi) is 2.60. The van der Waals surface area contributed by atoms with Gasteiger partial charge in [0.05, 0.1) is 15.5 Å². The quantitative estimate of drug-likeness (QED) is 0.840. The molecular formula is C11H8N2O2S2. The molecule has 1 unspecified atom stereocenters. The first-order valence-electron chi connectivity index (χ1n) is 5.08. The van der Waals surface area contributed by atoms with Crippen LogP contribution in [0.15, 0.2) is 28.6 Å². The minimum absolute atomic E-state index is 0.200. The highest BCUT2D eigenvalue weighted by molar-refractivity contribution is 8.02. The largest absolute Gasteiger partial charge is 0.295 e. The number of benzene rings is 1. The number of thioether (sulfide) groups is 1. The van der Waals surface area contributed by atoms with Gasteiger partial charge in [0, 0.05) is 6.42 Å². The molecule has 4 nitrogen and oxygen atoms in total. The molecular weight excluding hydrogens is 256 g/mol. The van der Waals surface area contributed by atoms with Crippen molar-refractivity contribution in [3.63, 3.8) is 0 Å². The third-order valence-corrected chi connectivity index (χ3v) is 4.77. The van der Waals surface area contributed by atoms with E-state index in [-0.39, 0.29) is 23.5 Å². The number of imide groups is 1. The fourth-order valence-electron chi connectivity index (χ4n) is 1.65. The Morgan fingerprint density at radius 2 is 2.18 bits per heavy atom. The van der Waals surface area contributed by atoms with Crippen molar-refractivity contribution in [2.45, 2.75) is 16.0 Å². The van der Waals surface area contributed by atoms with Gasteiger partial charge in [-0.2, -0.15) is 0 Å². The van der Waals surface area contributed by atoms with Gasteiger partial charge in [-0.05, 0) is 12.1 Å². The van der Waals surface area contributed by atoms with E-state index in [0.717, 1.165) is 14.6 Å². The lowest BCUT2D eigenvalue weighted by molar-refractivity contribution is -0.124. The van der Waals surface area contributed by atoms with Crippen LogP contribution in [0.5, 0.6) is 0 Å². The van der Waals surface area contributed by atoms with Gasteiger partial charge in [0.2, 0.25) is 11.8 Å². The molecule has 1 aromatic heterocycles. The summed E-state index contributed by atoms with van der Waals surface area (Å²) >= 11 is 2.91. The zero-order valence-corrected chi connectivity index (χ0v) is 10.3. The van der Waals surface area contributed by atoms with Crippen molar-refractivity contribution in [2.24, 2.45) is 0 Å².